The third-order valence-corrected chi connectivity index (χ3v) is 2.47. The molecule has 0 unspecified atom stereocenters. The molecule has 0 spiro atoms. The maximum absolute atomic E-state index is 5.20. The Morgan fingerprint density at radius 3 is 2.83 bits per heavy atom. The van der Waals surface area contributed by atoms with E-state index in [-0.39, 0.29) is 0 Å². The van der Waals surface area contributed by atoms with Crippen LogP contribution in [-0.4, -0.2) is 22.1 Å². The molecule has 18 heavy (non-hydrogen) atoms. The Kier molecular flexibility index (Phi) is 3.72. The molecule has 2 heterocycles. The van der Waals surface area contributed by atoms with E-state index in [4.69, 9.17) is 4.74 Å². The summed E-state index contributed by atoms with van der Waals surface area (Å²) in [6.07, 6.45) is 1.71. The number of hydrogen-bond donors (Lipinski definition) is 1. The number of rotatable bonds is 4. The van der Waals surface area contributed by atoms with E-state index in [2.05, 4.69) is 20.3 Å². The Hall–Kier alpha value is -2.17. The van der Waals surface area contributed by atoms with Gasteiger partial charge in [0.1, 0.15) is 11.6 Å². The maximum atomic E-state index is 5.20. The number of aryl methyl sites for hydroxylation is 2. The van der Waals surface area contributed by atoms with E-state index in [0.717, 1.165) is 22.9 Å². The first-order valence-corrected chi connectivity index (χ1v) is 5.73. The zero-order chi connectivity index (χ0) is 13.0. The highest BCUT2D eigenvalue weighted by atomic mass is 16.5. The lowest BCUT2D eigenvalue weighted by Gasteiger charge is -2.09. The molecule has 0 saturated carbocycles. The van der Waals surface area contributed by atoms with Gasteiger partial charge in [-0.05, 0) is 19.9 Å². The summed E-state index contributed by atoms with van der Waals surface area (Å²) in [5.74, 6) is 2.20. The molecule has 0 fully saturated rings. The topological polar surface area (TPSA) is 59.9 Å². The molecule has 1 N–H and O–H groups in total. The predicted octanol–water partition coefficient (Wildman–Crippen LogP) is 2.11. The van der Waals surface area contributed by atoms with Crippen molar-refractivity contribution in [2.45, 2.75) is 20.4 Å². The van der Waals surface area contributed by atoms with Gasteiger partial charge in [0.15, 0.2) is 0 Å². The Morgan fingerprint density at radius 2 is 2.11 bits per heavy atom. The van der Waals surface area contributed by atoms with Gasteiger partial charge in [0.05, 0.1) is 7.11 Å². The van der Waals surface area contributed by atoms with Crippen molar-refractivity contribution in [2.75, 3.05) is 12.4 Å². The molecule has 0 radical (unpaired) electrons. The fourth-order valence-corrected chi connectivity index (χ4v) is 1.74. The van der Waals surface area contributed by atoms with E-state index in [0.29, 0.717) is 12.4 Å². The molecule has 0 aliphatic rings. The van der Waals surface area contributed by atoms with Crippen LogP contribution in [0.25, 0.3) is 0 Å². The van der Waals surface area contributed by atoms with Crippen LogP contribution in [-0.2, 0) is 6.54 Å². The Morgan fingerprint density at radius 1 is 1.28 bits per heavy atom. The van der Waals surface area contributed by atoms with Crippen LogP contribution in [0, 0.1) is 13.8 Å². The van der Waals surface area contributed by atoms with E-state index in [1.807, 2.05) is 32.0 Å². The van der Waals surface area contributed by atoms with Gasteiger partial charge in [0.2, 0.25) is 5.88 Å². The number of ether oxygens (including phenoxy) is 1. The number of pyridine rings is 1. The van der Waals surface area contributed by atoms with Gasteiger partial charge >= 0.3 is 0 Å². The summed E-state index contributed by atoms with van der Waals surface area (Å²) in [5, 5.41) is 3.25. The summed E-state index contributed by atoms with van der Waals surface area (Å²) in [6.45, 7) is 4.44. The summed E-state index contributed by atoms with van der Waals surface area (Å²) >= 11 is 0. The van der Waals surface area contributed by atoms with Gasteiger partial charge in [-0.25, -0.2) is 15.0 Å². The minimum absolute atomic E-state index is 0.618. The molecule has 2 aromatic rings. The van der Waals surface area contributed by atoms with Crippen LogP contribution >= 0.6 is 0 Å². The molecular formula is C13H16N4O. The van der Waals surface area contributed by atoms with Gasteiger partial charge in [0, 0.05) is 30.1 Å². The summed E-state index contributed by atoms with van der Waals surface area (Å²) in [5.41, 5.74) is 1.94. The third-order valence-electron chi connectivity index (χ3n) is 2.47. The molecule has 2 rings (SSSR count). The molecule has 0 atom stereocenters. The van der Waals surface area contributed by atoms with Crippen molar-refractivity contribution >= 4 is 5.82 Å². The van der Waals surface area contributed by atoms with Crippen LogP contribution in [0.2, 0.25) is 0 Å². The van der Waals surface area contributed by atoms with Crippen molar-refractivity contribution in [3.63, 3.8) is 0 Å². The Bertz CT molecular complexity index is 522. The first kappa shape index (κ1) is 12.3. The average Bonchev–Trinajstić information content (AvgIpc) is 2.35. The van der Waals surface area contributed by atoms with Crippen LogP contribution in [0.1, 0.15) is 17.1 Å². The smallest absolute Gasteiger partial charge is 0.218 e. The van der Waals surface area contributed by atoms with E-state index in [1.165, 1.54) is 0 Å². The molecule has 94 valence electrons. The first-order chi connectivity index (χ1) is 8.69. The van der Waals surface area contributed by atoms with E-state index in [1.54, 1.807) is 13.3 Å². The van der Waals surface area contributed by atoms with E-state index in [9.17, 15) is 0 Å². The third kappa shape index (κ3) is 2.94. The van der Waals surface area contributed by atoms with Crippen molar-refractivity contribution in [1.29, 1.82) is 0 Å². The normalized spacial score (nSPS) is 10.2. The summed E-state index contributed by atoms with van der Waals surface area (Å²) < 4.78 is 5.20. The molecule has 0 saturated heterocycles. The molecule has 0 aliphatic carbocycles. The molecule has 5 heteroatoms. The Labute approximate surface area is 106 Å². The van der Waals surface area contributed by atoms with Gasteiger partial charge in [-0.3, -0.25) is 0 Å². The standard InChI is InChI=1S/C13H16N4O/c1-9-7-12(17-10(2)16-9)15-8-11-5-4-6-14-13(11)18-3/h4-7H,8H2,1-3H3,(H,15,16,17). The van der Waals surface area contributed by atoms with Crippen LogP contribution in [0.3, 0.4) is 0 Å². The summed E-state index contributed by atoms with van der Waals surface area (Å²) in [6, 6.07) is 5.77. The monoisotopic (exact) mass is 244 g/mol. The first-order valence-electron chi connectivity index (χ1n) is 5.73. The number of nitrogens with zero attached hydrogens (tertiary/aromatic N) is 3. The predicted molar refractivity (Wildman–Crippen MR) is 69.6 cm³/mol. The second-order valence-corrected chi connectivity index (χ2v) is 3.97. The van der Waals surface area contributed by atoms with Gasteiger partial charge in [-0.15, -0.1) is 0 Å². The van der Waals surface area contributed by atoms with Gasteiger partial charge in [0.25, 0.3) is 0 Å². The van der Waals surface area contributed by atoms with Crippen molar-refractivity contribution in [1.82, 2.24) is 15.0 Å². The van der Waals surface area contributed by atoms with E-state index >= 15 is 0 Å². The molecular weight excluding hydrogens is 228 g/mol. The zero-order valence-corrected chi connectivity index (χ0v) is 10.8. The van der Waals surface area contributed by atoms with Crippen LogP contribution in [0.15, 0.2) is 24.4 Å². The quantitative estimate of drug-likeness (QED) is 0.892. The number of methoxy groups -OCH3 is 1. The highest BCUT2D eigenvalue weighted by Crippen LogP contribution is 2.15. The molecule has 0 amide bonds. The fourth-order valence-electron chi connectivity index (χ4n) is 1.74. The van der Waals surface area contributed by atoms with Crippen molar-refractivity contribution < 1.29 is 4.74 Å². The molecule has 0 aromatic carbocycles. The average molecular weight is 244 g/mol. The van der Waals surface area contributed by atoms with Crippen molar-refractivity contribution in [2.24, 2.45) is 0 Å². The zero-order valence-electron chi connectivity index (χ0n) is 10.8. The molecule has 2 aromatic heterocycles. The Balaban J connectivity index is 2.11. The number of aromatic nitrogens is 3. The van der Waals surface area contributed by atoms with Crippen molar-refractivity contribution in [3.8, 4) is 5.88 Å². The second kappa shape index (κ2) is 5.44. The summed E-state index contributed by atoms with van der Waals surface area (Å²) in [4.78, 5) is 12.7. The number of hydrogen-bond acceptors (Lipinski definition) is 5. The molecule has 0 aliphatic heterocycles. The SMILES string of the molecule is COc1ncccc1CNc1cc(C)nc(C)n1. The van der Waals surface area contributed by atoms with Crippen LogP contribution < -0.4 is 10.1 Å². The number of nitrogens with one attached hydrogen (secondary N) is 1. The minimum atomic E-state index is 0.618. The largest absolute Gasteiger partial charge is 0.481 e. The highest BCUT2D eigenvalue weighted by molar-refractivity contribution is 5.38. The lowest BCUT2D eigenvalue weighted by atomic mass is 10.2. The van der Waals surface area contributed by atoms with Crippen molar-refractivity contribution in [3.05, 3.63) is 41.5 Å². The van der Waals surface area contributed by atoms with Gasteiger partial charge < -0.3 is 10.1 Å². The molecule has 5 nitrogen and oxygen atoms in total. The lowest BCUT2D eigenvalue weighted by Crippen LogP contribution is -2.05. The fraction of sp³-hybridized carbons (Fsp3) is 0.308. The van der Waals surface area contributed by atoms with Crippen LogP contribution in [0.5, 0.6) is 5.88 Å². The summed E-state index contributed by atoms with van der Waals surface area (Å²) in [7, 11) is 1.62. The molecule has 0 bridgehead atoms. The lowest BCUT2D eigenvalue weighted by molar-refractivity contribution is 0.393. The van der Waals surface area contributed by atoms with E-state index < -0.39 is 0 Å². The minimum Gasteiger partial charge on any atom is -0.481 e. The number of anilines is 1. The van der Waals surface area contributed by atoms with Crippen LogP contribution in [0.4, 0.5) is 5.82 Å². The van der Waals surface area contributed by atoms with Gasteiger partial charge in [-0.1, -0.05) is 6.07 Å². The van der Waals surface area contributed by atoms with Gasteiger partial charge in [-0.2, -0.15) is 0 Å². The highest BCUT2D eigenvalue weighted by Gasteiger charge is 2.04. The maximum Gasteiger partial charge on any atom is 0.218 e. The second-order valence-electron chi connectivity index (χ2n) is 3.97.